The molecule has 0 radical (unpaired) electrons. The monoisotopic (exact) mass is 551 g/mol. The van der Waals surface area contributed by atoms with Crippen molar-refractivity contribution in [2.24, 2.45) is 16.3 Å². The average molecular weight is 552 g/mol. The first-order valence-electron chi connectivity index (χ1n) is 11.5. The van der Waals surface area contributed by atoms with Crippen molar-refractivity contribution in [2.45, 2.75) is 39.7 Å². The van der Waals surface area contributed by atoms with Crippen LogP contribution in [0.3, 0.4) is 0 Å². The fraction of sp³-hybridized carbons (Fsp3) is 0.909. The highest BCUT2D eigenvalue weighted by atomic mass is 127. The molecule has 3 saturated heterocycles. The third-order valence-corrected chi connectivity index (χ3v) is 6.43. The number of rotatable bonds is 4. The molecule has 8 nitrogen and oxygen atoms in total. The van der Waals surface area contributed by atoms with Gasteiger partial charge in [-0.2, -0.15) is 0 Å². The molecule has 0 aromatic rings. The van der Waals surface area contributed by atoms with Gasteiger partial charge in [0.2, 0.25) is 5.91 Å². The number of halogens is 1. The Morgan fingerprint density at radius 2 is 1.71 bits per heavy atom. The third-order valence-electron chi connectivity index (χ3n) is 6.43. The SMILES string of the molecule is CN=C(NCC1CCCOC1C(C)(C)C)N1CCN(CC(=O)N2CCOCC2)CC1.I. The van der Waals surface area contributed by atoms with Gasteiger partial charge in [0.1, 0.15) is 0 Å². The Morgan fingerprint density at radius 3 is 2.32 bits per heavy atom. The van der Waals surface area contributed by atoms with E-state index >= 15 is 0 Å². The molecule has 3 heterocycles. The number of ether oxygens (including phenoxy) is 2. The second-order valence-electron chi connectivity index (χ2n) is 9.74. The maximum Gasteiger partial charge on any atom is 0.236 e. The smallest absolute Gasteiger partial charge is 0.236 e. The maximum atomic E-state index is 12.5. The molecular weight excluding hydrogens is 509 g/mol. The van der Waals surface area contributed by atoms with E-state index in [9.17, 15) is 4.79 Å². The van der Waals surface area contributed by atoms with Gasteiger partial charge in [-0.05, 0) is 18.3 Å². The number of amides is 1. The number of morpholine rings is 1. The highest BCUT2D eigenvalue weighted by Crippen LogP contribution is 2.33. The van der Waals surface area contributed by atoms with Crippen LogP contribution in [0, 0.1) is 11.3 Å². The zero-order valence-corrected chi connectivity index (χ0v) is 22.1. The zero-order chi connectivity index (χ0) is 21.6. The molecule has 1 amide bonds. The first-order valence-corrected chi connectivity index (χ1v) is 11.5. The highest BCUT2D eigenvalue weighted by Gasteiger charge is 2.35. The normalized spacial score (nSPS) is 26.4. The number of guanidine groups is 1. The molecule has 3 aliphatic rings. The highest BCUT2D eigenvalue weighted by molar-refractivity contribution is 14.0. The number of piperazine rings is 1. The van der Waals surface area contributed by atoms with E-state index in [1.165, 1.54) is 6.42 Å². The summed E-state index contributed by atoms with van der Waals surface area (Å²) >= 11 is 0. The number of hydrogen-bond donors (Lipinski definition) is 1. The Hall–Kier alpha value is -0.650. The number of nitrogens with zero attached hydrogens (tertiary/aromatic N) is 4. The molecule has 2 atom stereocenters. The molecule has 0 aromatic carbocycles. The number of hydrogen-bond acceptors (Lipinski definition) is 5. The summed E-state index contributed by atoms with van der Waals surface area (Å²) in [6.45, 7) is 15.4. The van der Waals surface area contributed by atoms with Gasteiger partial charge in [-0.1, -0.05) is 20.8 Å². The van der Waals surface area contributed by atoms with E-state index in [1.807, 2.05) is 11.9 Å². The molecule has 0 spiro atoms. The third kappa shape index (κ3) is 7.71. The number of nitrogens with one attached hydrogen (secondary N) is 1. The van der Waals surface area contributed by atoms with E-state index in [-0.39, 0.29) is 41.4 Å². The average Bonchev–Trinajstić information content (AvgIpc) is 2.75. The molecule has 0 bridgehead atoms. The largest absolute Gasteiger partial charge is 0.378 e. The van der Waals surface area contributed by atoms with Crippen LogP contribution in [0.1, 0.15) is 33.6 Å². The van der Waals surface area contributed by atoms with Gasteiger partial charge >= 0.3 is 0 Å². The summed E-state index contributed by atoms with van der Waals surface area (Å²) < 4.78 is 11.5. The minimum Gasteiger partial charge on any atom is -0.378 e. The van der Waals surface area contributed by atoms with Crippen molar-refractivity contribution in [3.8, 4) is 0 Å². The first-order chi connectivity index (χ1) is 14.4. The van der Waals surface area contributed by atoms with Crippen LogP contribution in [0.2, 0.25) is 0 Å². The topological polar surface area (TPSA) is 69.6 Å². The van der Waals surface area contributed by atoms with Crippen molar-refractivity contribution in [2.75, 3.05) is 79.2 Å². The predicted octanol–water partition coefficient (Wildman–Crippen LogP) is 1.50. The quantitative estimate of drug-likeness (QED) is 0.325. The Morgan fingerprint density at radius 1 is 1.03 bits per heavy atom. The van der Waals surface area contributed by atoms with Crippen molar-refractivity contribution >= 4 is 35.8 Å². The maximum absolute atomic E-state index is 12.5. The van der Waals surface area contributed by atoms with Crippen LogP contribution in [-0.4, -0.2) is 112 Å². The fourth-order valence-corrected chi connectivity index (χ4v) is 4.79. The molecule has 31 heavy (non-hydrogen) atoms. The number of carbonyl (C=O) groups is 1. The van der Waals surface area contributed by atoms with Crippen LogP contribution < -0.4 is 5.32 Å². The van der Waals surface area contributed by atoms with E-state index in [2.05, 4.69) is 40.9 Å². The molecule has 3 fully saturated rings. The lowest BCUT2D eigenvalue weighted by atomic mass is 9.78. The van der Waals surface area contributed by atoms with Gasteiger partial charge in [-0.3, -0.25) is 14.7 Å². The number of carbonyl (C=O) groups excluding carboxylic acids is 1. The van der Waals surface area contributed by atoms with E-state index in [0.29, 0.717) is 25.7 Å². The van der Waals surface area contributed by atoms with Crippen LogP contribution in [0.15, 0.2) is 4.99 Å². The van der Waals surface area contributed by atoms with Crippen molar-refractivity contribution in [1.29, 1.82) is 0 Å². The lowest BCUT2D eigenvalue weighted by Crippen LogP contribution is -2.55. The Balaban J connectivity index is 0.00000341. The lowest BCUT2D eigenvalue weighted by Gasteiger charge is -2.41. The molecule has 3 aliphatic heterocycles. The van der Waals surface area contributed by atoms with E-state index in [1.54, 1.807) is 0 Å². The second-order valence-corrected chi connectivity index (χ2v) is 9.74. The minimum absolute atomic E-state index is 0. The van der Waals surface area contributed by atoms with Crippen LogP contribution in [-0.2, 0) is 14.3 Å². The predicted molar refractivity (Wildman–Crippen MR) is 134 cm³/mol. The summed E-state index contributed by atoms with van der Waals surface area (Å²) in [6.07, 6.45) is 2.61. The Labute approximate surface area is 205 Å². The standard InChI is InChI=1S/C22H41N5O3.HI/c1-22(2,3)20-18(6-5-13-30-20)16-24-21(23-4)27-9-7-25(8-10-27)17-19(28)26-11-14-29-15-12-26;/h18,20H,5-17H2,1-4H3,(H,23,24);1H. The Bertz CT molecular complexity index is 584. The molecule has 180 valence electrons. The van der Waals surface area contributed by atoms with Crippen LogP contribution in [0.5, 0.6) is 0 Å². The zero-order valence-electron chi connectivity index (χ0n) is 19.8. The van der Waals surface area contributed by atoms with Gasteiger partial charge in [-0.15, -0.1) is 24.0 Å². The van der Waals surface area contributed by atoms with Crippen molar-refractivity contribution in [1.82, 2.24) is 20.0 Å². The van der Waals surface area contributed by atoms with Gasteiger partial charge in [0.15, 0.2) is 5.96 Å². The minimum atomic E-state index is 0. The van der Waals surface area contributed by atoms with Crippen molar-refractivity contribution in [3.63, 3.8) is 0 Å². The van der Waals surface area contributed by atoms with Gasteiger partial charge in [-0.25, -0.2) is 0 Å². The summed E-state index contributed by atoms with van der Waals surface area (Å²) in [5.41, 5.74) is 0.148. The fourth-order valence-electron chi connectivity index (χ4n) is 4.79. The number of aliphatic imine (C=N–C) groups is 1. The van der Waals surface area contributed by atoms with Crippen molar-refractivity contribution < 1.29 is 14.3 Å². The summed E-state index contributed by atoms with van der Waals surface area (Å²) in [6, 6.07) is 0. The summed E-state index contributed by atoms with van der Waals surface area (Å²) in [5, 5.41) is 3.61. The van der Waals surface area contributed by atoms with Crippen LogP contribution in [0.25, 0.3) is 0 Å². The molecule has 3 rings (SSSR count). The van der Waals surface area contributed by atoms with Crippen molar-refractivity contribution in [3.05, 3.63) is 0 Å². The van der Waals surface area contributed by atoms with Crippen LogP contribution >= 0.6 is 24.0 Å². The molecule has 0 aromatic heterocycles. The van der Waals surface area contributed by atoms with Gasteiger partial charge in [0.05, 0.1) is 25.9 Å². The second kappa shape index (κ2) is 12.6. The summed E-state index contributed by atoms with van der Waals surface area (Å²) in [5.74, 6) is 1.69. The summed E-state index contributed by atoms with van der Waals surface area (Å²) in [4.78, 5) is 23.5. The molecule has 2 unspecified atom stereocenters. The first kappa shape index (κ1) is 26.6. The lowest BCUT2D eigenvalue weighted by molar-refractivity contribution is -0.136. The molecule has 1 N–H and O–H groups in total. The molecule has 9 heteroatoms. The van der Waals surface area contributed by atoms with E-state index < -0.39 is 0 Å². The van der Waals surface area contributed by atoms with Gasteiger partial charge in [0.25, 0.3) is 0 Å². The van der Waals surface area contributed by atoms with Gasteiger partial charge < -0.3 is 24.6 Å². The molecule has 0 aliphatic carbocycles. The molecule has 0 saturated carbocycles. The van der Waals surface area contributed by atoms with Gasteiger partial charge in [0, 0.05) is 65.4 Å². The van der Waals surface area contributed by atoms with E-state index in [0.717, 1.165) is 64.8 Å². The summed E-state index contributed by atoms with van der Waals surface area (Å²) in [7, 11) is 1.86. The van der Waals surface area contributed by atoms with Crippen LogP contribution in [0.4, 0.5) is 0 Å². The Kier molecular flexibility index (Phi) is 10.8. The van der Waals surface area contributed by atoms with E-state index in [4.69, 9.17) is 9.47 Å². The molecular formula is C22H42IN5O3.